The maximum atomic E-state index is 2.58. The van der Waals surface area contributed by atoms with Crippen molar-refractivity contribution in [3.63, 3.8) is 0 Å². The van der Waals surface area contributed by atoms with Gasteiger partial charge >= 0.3 is 0 Å². The lowest BCUT2D eigenvalue weighted by molar-refractivity contribution is 1.46. The van der Waals surface area contributed by atoms with Gasteiger partial charge in [-0.15, -0.1) is 0 Å². The Kier molecular flexibility index (Phi) is 8.46. The first-order chi connectivity index (χ1) is 29.0. The van der Waals surface area contributed by atoms with E-state index in [1.165, 1.54) is 109 Å². The van der Waals surface area contributed by atoms with Crippen LogP contribution in [0.1, 0.15) is 0 Å². The molecule has 0 spiro atoms. The van der Waals surface area contributed by atoms with Gasteiger partial charge in [0.2, 0.25) is 0 Å². The third kappa shape index (κ3) is 5.84. The van der Waals surface area contributed by atoms with Gasteiger partial charge in [0.15, 0.2) is 0 Å². The standard InChI is InChI=1S/C58H42S/c1-59(2)55-30-18-17-27-47(55)52-37-53-54(38-56(52)59)58(44-32-34-46(40-21-9-4-10-22-40)51(36-44)42-25-13-6-14-26-42)49-29-16-15-28-48(49)57(53)43-31-33-45(39-19-7-3-8-20-39)50(35-43)41-23-11-5-12-24-41/h3-38H,1-2H3. The van der Waals surface area contributed by atoms with E-state index in [2.05, 4.69) is 231 Å². The third-order valence-corrected chi connectivity index (χ3v) is 15.2. The molecule has 1 heterocycles. The zero-order valence-corrected chi connectivity index (χ0v) is 34.0. The first-order valence-corrected chi connectivity index (χ1v) is 22.9. The molecular formula is C58H42S. The Labute approximate surface area is 348 Å². The van der Waals surface area contributed by atoms with Crippen LogP contribution in [0.4, 0.5) is 0 Å². The normalized spacial score (nSPS) is 13.3. The highest BCUT2D eigenvalue weighted by Crippen LogP contribution is 2.68. The molecule has 1 heteroatoms. The van der Waals surface area contributed by atoms with Crippen LogP contribution in [0.25, 0.3) is 99.4 Å². The van der Waals surface area contributed by atoms with E-state index < -0.39 is 10.0 Å². The van der Waals surface area contributed by atoms with Crippen LogP contribution in [0, 0.1) is 0 Å². The van der Waals surface area contributed by atoms with Gasteiger partial charge < -0.3 is 0 Å². The van der Waals surface area contributed by atoms with Crippen LogP contribution in [0.15, 0.2) is 228 Å². The number of hydrogen-bond acceptors (Lipinski definition) is 0. The first-order valence-electron chi connectivity index (χ1n) is 20.4. The molecule has 11 rings (SSSR count). The summed E-state index contributed by atoms with van der Waals surface area (Å²) in [5.41, 5.74) is 17.5. The van der Waals surface area contributed by atoms with Crippen LogP contribution in [0.5, 0.6) is 0 Å². The topological polar surface area (TPSA) is 0 Å². The van der Waals surface area contributed by atoms with Gasteiger partial charge in [0.1, 0.15) is 0 Å². The molecule has 0 bridgehead atoms. The molecule has 1 aliphatic rings. The highest BCUT2D eigenvalue weighted by atomic mass is 32.3. The zero-order valence-electron chi connectivity index (χ0n) is 33.2. The smallest absolute Gasteiger partial charge is 0.00219 e. The van der Waals surface area contributed by atoms with Gasteiger partial charge in [-0.25, -0.2) is 0 Å². The molecule has 0 unspecified atom stereocenters. The summed E-state index contributed by atoms with van der Waals surface area (Å²) >= 11 is 0. The third-order valence-electron chi connectivity index (χ3n) is 12.4. The highest BCUT2D eigenvalue weighted by molar-refractivity contribution is 8.33. The van der Waals surface area contributed by atoms with Gasteiger partial charge in [-0.1, -0.05) is 188 Å². The number of benzene rings is 10. The average molecular weight is 771 g/mol. The molecule has 0 N–H and O–H groups in total. The van der Waals surface area contributed by atoms with E-state index >= 15 is 0 Å². The van der Waals surface area contributed by atoms with E-state index in [0.717, 1.165) is 0 Å². The van der Waals surface area contributed by atoms with Crippen molar-refractivity contribution >= 4 is 31.6 Å². The van der Waals surface area contributed by atoms with Crippen LogP contribution in [-0.2, 0) is 0 Å². The summed E-state index contributed by atoms with van der Waals surface area (Å²) in [7, 11) is -1.26. The van der Waals surface area contributed by atoms with Crippen LogP contribution in [0.3, 0.4) is 0 Å². The van der Waals surface area contributed by atoms with Crippen LogP contribution in [-0.4, -0.2) is 12.5 Å². The Bertz CT molecular complexity index is 3200. The lowest BCUT2D eigenvalue weighted by atomic mass is 9.82. The minimum Gasteiger partial charge on any atom is -0.192 e. The Balaban J connectivity index is 1.25. The number of hydrogen-bond donors (Lipinski definition) is 0. The van der Waals surface area contributed by atoms with Crippen molar-refractivity contribution in [1.29, 1.82) is 0 Å². The largest absolute Gasteiger partial charge is 0.192 e. The van der Waals surface area contributed by atoms with Gasteiger partial charge in [-0.3, -0.25) is 0 Å². The van der Waals surface area contributed by atoms with Gasteiger partial charge in [0.25, 0.3) is 0 Å². The molecule has 0 aromatic heterocycles. The van der Waals surface area contributed by atoms with Crippen molar-refractivity contribution in [2.24, 2.45) is 0 Å². The Morgan fingerprint density at radius 2 is 0.627 bits per heavy atom. The maximum absolute atomic E-state index is 2.58. The summed E-state index contributed by atoms with van der Waals surface area (Å²) in [5, 5.41) is 5.10. The van der Waals surface area contributed by atoms with E-state index in [9.17, 15) is 0 Å². The summed E-state index contributed by atoms with van der Waals surface area (Å²) in [6.45, 7) is 0. The van der Waals surface area contributed by atoms with Crippen molar-refractivity contribution in [2.45, 2.75) is 9.79 Å². The molecule has 0 radical (unpaired) electrons. The fourth-order valence-electron chi connectivity index (χ4n) is 9.56. The molecule has 0 saturated heterocycles. The second kappa shape index (κ2) is 14.2. The van der Waals surface area contributed by atoms with Crippen molar-refractivity contribution < 1.29 is 0 Å². The quantitative estimate of drug-likeness (QED) is 0.148. The molecule has 0 amide bonds. The van der Waals surface area contributed by atoms with Gasteiger partial charge in [0.05, 0.1) is 0 Å². The van der Waals surface area contributed by atoms with Crippen molar-refractivity contribution in [3.05, 3.63) is 218 Å². The highest BCUT2D eigenvalue weighted by Gasteiger charge is 2.33. The molecule has 1 aliphatic heterocycles. The average Bonchev–Trinajstić information content (AvgIpc) is 3.53. The Morgan fingerprint density at radius 3 is 1.10 bits per heavy atom. The molecule has 0 saturated carbocycles. The monoisotopic (exact) mass is 770 g/mol. The molecule has 10 aromatic rings. The second-order valence-electron chi connectivity index (χ2n) is 16.0. The fraction of sp³-hybridized carbons (Fsp3) is 0.0345. The number of rotatable bonds is 6. The summed E-state index contributed by atoms with van der Waals surface area (Å²) in [5.74, 6) is 0. The SMILES string of the molecule is CS1(C)c2ccccc2-c2cc3c(-c4ccc(-c5ccccc5)c(-c5ccccc5)c4)c4ccccc4c(-c4ccc(-c5ccccc5)c(-c5ccccc5)c4)c3cc21. The fourth-order valence-corrected chi connectivity index (χ4v) is 12.1. The molecule has 0 nitrogen and oxygen atoms in total. The Hall–Kier alpha value is -6.93. The molecular weight excluding hydrogens is 729 g/mol. The van der Waals surface area contributed by atoms with Crippen molar-refractivity contribution in [3.8, 4) is 77.9 Å². The lowest BCUT2D eigenvalue weighted by Gasteiger charge is -2.29. The van der Waals surface area contributed by atoms with E-state index in [0.29, 0.717) is 0 Å². The van der Waals surface area contributed by atoms with Crippen molar-refractivity contribution in [2.75, 3.05) is 12.5 Å². The van der Waals surface area contributed by atoms with Crippen LogP contribution in [0.2, 0.25) is 0 Å². The molecule has 0 fully saturated rings. The van der Waals surface area contributed by atoms with Crippen LogP contribution < -0.4 is 0 Å². The van der Waals surface area contributed by atoms with Gasteiger partial charge in [-0.2, -0.15) is 10.0 Å². The zero-order chi connectivity index (χ0) is 39.5. The van der Waals surface area contributed by atoms with E-state index in [1.807, 2.05) is 0 Å². The van der Waals surface area contributed by atoms with Gasteiger partial charge in [-0.05, 0) is 142 Å². The molecule has 59 heavy (non-hydrogen) atoms. The number of fused-ring (bicyclic) bond motifs is 5. The van der Waals surface area contributed by atoms with E-state index in [1.54, 1.807) is 0 Å². The predicted molar refractivity (Wildman–Crippen MR) is 255 cm³/mol. The minimum atomic E-state index is -1.26. The molecule has 0 aliphatic carbocycles. The van der Waals surface area contributed by atoms with E-state index in [-0.39, 0.29) is 0 Å². The van der Waals surface area contributed by atoms with E-state index in [4.69, 9.17) is 0 Å². The summed E-state index contributed by atoms with van der Waals surface area (Å²) in [4.78, 5) is 2.93. The van der Waals surface area contributed by atoms with Gasteiger partial charge in [0, 0.05) is 9.79 Å². The van der Waals surface area contributed by atoms with Crippen LogP contribution >= 0.6 is 10.0 Å². The minimum absolute atomic E-state index is 1.21. The summed E-state index contributed by atoms with van der Waals surface area (Å²) in [6, 6.07) is 81.0. The lowest BCUT2D eigenvalue weighted by Crippen LogP contribution is -1.96. The molecule has 10 aromatic carbocycles. The summed E-state index contributed by atoms with van der Waals surface area (Å²) in [6.07, 6.45) is 4.95. The Morgan fingerprint density at radius 1 is 0.237 bits per heavy atom. The molecule has 0 atom stereocenters. The second-order valence-corrected chi connectivity index (χ2v) is 19.5. The van der Waals surface area contributed by atoms with Crippen molar-refractivity contribution in [1.82, 2.24) is 0 Å². The predicted octanol–water partition coefficient (Wildman–Crippen LogP) is 16.5. The summed E-state index contributed by atoms with van der Waals surface area (Å²) < 4.78 is 0. The first kappa shape index (κ1) is 35.2. The molecule has 280 valence electrons. The maximum Gasteiger partial charge on any atom is 0.00219 e.